The Morgan fingerprint density at radius 1 is 0.944 bits per heavy atom. The van der Waals surface area contributed by atoms with Gasteiger partial charge >= 0.3 is 0 Å². The summed E-state index contributed by atoms with van der Waals surface area (Å²) in [7, 11) is 0. The lowest BCUT2D eigenvalue weighted by Crippen LogP contribution is -2.10. The fourth-order valence-corrected chi connectivity index (χ4v) is 1.64. The van der Waals surface area contributed by atoms with Gasteiger partial charge in [0, 0.05) is 17.7 Å². The van der Waals surface area contributed by atoms with Crippen LogP contribution in [0.3, 0.4) is 0 Å². The van der Waals surface area contributed by atoms with Gasteiger partial charge in [-0.25, -0.2) is 0 Å². The second-order valence-electron chi connectivity index (χ2n) is 3.86. The summed E-state index contributed by atoms with van der Waals surface area (Å²) in [6.07, 6.45) is 0. The van der Waals surface area contributed by atoms with Gasteiger partial charge < -0.3 is 10.5 Å². The number of hydrogen-bond acceptors (Lipinski definition) is 3. The first-order chi connectivity index (χ1) is 8.81. The molecule has 0 unspecified atom stereocenters. The molecule has 2 N–H and O–H groups in total. The van der Waals surface area contributed by atoms with Crippen molar-refractivity contribution in [3.8, 4) is 5.75 Å². The van der Waals surface area contributed by atoms with Crippen LogP contribution in [0.1, 0.15) is 15.9 Å². The van der Waals surface area contributed by atoms with Crippen molar-refractivity contribution < 1.29 is 9.53 Å². The lowest BCUT2D eigenvalue weighted by molar-refractivity contribution is 0.103. The molecule has 2 rings (SSSR count). The van der Waals surface area contributed by atoms with Gasteiger partial charge in [-0.05, 0) is 24.3 Å². The van der Waals surface area contributed by atoms with Crippen molar-refractivity contribution in [3.63, 3.8) is 0 Å². The molecule has 0 aliphatic rings. The maximum Gasteiger partial charge on any atom is 0.193 e. The summed E-state index contributed by atoms with van der Waals surface area (Å²) < 4.78 is 5.36. The van der Waals surface area contributed by atoms with E-state index in [1.54, 1.807) is 36.4 Å². The average molecular weight is 241 g/mol. The van der Waals surface area contributed by atoms with Gasteiger partial charge in [-0.3, -0.25) is 4.79 Å². The smallest absolute Gasteiger partial charge is 0.193 e. The van der Waals surface area contributed by atoms with Crippen LogP contribution in [-0.4, -0.2) is 18.9 Å². The van der Waals surface area contributed by atoms with Gasteiger partial charge in [0.2, 0.25) is 0 Å². The first-order valence-electron chi connectivity index (χ1n) is 5.84. The van der Waals surface area contributed by atoms with Crippen molar-refractivity contribution in [3.05, 3.63) is 65.7 Å². The van der Waals surface area contributed by atoms with E-state index < -0.39 is 0 Å². The fourth-order valence-electron chi connectivity index (χ4n) is 1.64. The van der Waals surface area contributed by atoms with Crippen molar-refractivity contribution >= 4 is 5.78 Å². The Labute approximate surface area is 106 Å². The molecule has 3 nitrogen and oxygen atoms in total. The molecule has 92 valence electrons. The third-order valence-corrected chi connectivity index (χ3v) is 2.54. The van der Waals surface area contributed by atoms with Crippen molar-refractivity contribution in [2.45, 2.75) is 0 Å². The molecule has 2 aromatic rings. The minimum Gasteiger partial charge on any atom is -0.492 e. The highest BCUT2D eigenvalue weighted by molar-refractivity contribution is 6.08. The predicted molar refractivity (Wildman–Crippen MR) is 70.9 cm³/mol. The normalized spacial score (nSPS) is 10.1. The van der Waals surface area contributed by atoms with Gasteiger partial charge in [0.1, 0.15) is 12.4 Å². The van der Waals surface area contributed by atoms with Crippen LogP contribution in [0.15, 0.2) is 54.6 Å². The molecular formula is C15H15NO2. The summed E-state index contributed by atoms with van der Waals surface area (Å²) in [4.78, 5) is 12.1. The summed E-state index contributed by atoms with van der Waals surface area (Å²) in [6, 6.07) is 16.3. The number of nitrogens with two attached hydrogens (primary N) is 1. The highest BCUT2D eigenvalue weighted by atomic mass is 16.5. The van der Waals surface area contributed by atoms with Crippen LogP contribution < -0.4 is 10.5 Å². The van der Waals surface area contributed by atoms with Crippen LogP contribution >= 0.6 is 0 Å². The van der Waals surface area contributed by atoms with Crippen LogP contribution in [0, 0.1) is 0 Å². The molecule has 0 saturated heterocycles. The Kier molecular flexibility index (Phi) is 4.10. The maximum absolute atomic E-state index is 12.1. The van der Waals surface area contributed by atoms with E-state index in [9.17, 15) is 4.79 Å². The van der Waals surface area contributed by atoms with Crippen molar-refractivity contribution in [2.75, 3.05) is 13.2 Å². The van der Waals surface area contributed by atoms with Gasteiger partial charge in [-0.2, -0.15) is 0 Å². The van der Waals surface area contributed by atoms with Crippen molar-refractivity contribution in [2.24, 2.45) is 5.73 Å². The molecule has 0 aliphatic carbocycles. The van der Waals surface area contributed by atoms with Gasteiger partial charge in [0.05, 0.1) is 0 Å². The molecule has 0 spiro atoms. The number of carbonyl (C=O) groups is 1. The molecule has 0 heterocycles. The SMILES string of the molecule is NCCOc1ccc(C(=O)c2ccccc2)cc1. The van der Waals surface area contributed by atoms with E-state index in [0.29, 0.717) is 24.3 Å². The average Bonchev–Trinajstić information content (AvgIpc) is 2.46. The number of ketones is 1. The molecule has 2 aromatic carbocycles. The van der Waals surface area contributed by atoms with Crippen molar-refractivity contribution in [1.29, 1.82) is 0 Å². The Hall–Kier alpha value is -2.13. The molecule has 0 atom stereocenters. The summed E-state index contributed by atoms with van der Waals surface area (Å²) in [5, 5.41) is 0. The van der Waals surface area contributed by atoms with Crippen LogP contribution in [0.2, 0.25) is 0 Å². The fraction of sp³-hybridized carbons (Fsp3) is 0.133. The first-order valence-corrected chi connectivity index (χ1v) is 5.84. The molecule has 0 saturated carbocycles. The zero-order valence-corrected chi connectivity index (χ0v) is 10.0. The highest BCUT2D eigenvalue weighted by Gasteiger charge is 2.07. The molecule has 0 radical (unpaired) electrons. The quantitative estimate of drug-likeness (QED) is 0.817. The second kappa shape index (κ2) is 5.98. The van der Waals surface area contributed by atoms with Gasteiger partial charge in [0.25, 0.3) is 0 Å². The Bertz CT molecular complexity index is 506. The zero-order chi connectivity index (χ0) is 12.8. The molecule has 0 aliphatic heterocycles. The largest absolute Gasteiger partial charge is 0.492 e. The topological polar surface area (TPSA) is 52.3 Å². The highest BCUT2D eigenvalue weighted by Crippen LogP contribution is 2.15. The lowest BCUT2D eigenvalue weighted by Gasteiger charge is -2.05. The molecule has 0 bridgehead atoms. The van der Waals surface area contributed by atoms with Crippen LogP contribution in [0.25, 0.3) is 0 Å². The van der Waals surface area contributed by atoms with Crippen LogP contribution in [0.5, 0.6) is 5.75 Å². The molecule has 3 heteroatoms. The maximum atomic E-state index is 12.1. The summed E-state index contributed by atoms with van der Waals surface area (Å²) >= 11 is 0. The van der Waals surface area contributed by atoms with Crippen LogP contribution in [0.4, 0.5) is 0 Å². The van der Waals surface area contributed by atoms with Gasteiger partial charge in [0.15, 0.2) is 5.78 Å². The van der Waals surface area contributed by atoms with E-state index in [-0.39, 0.29) is 5.78 Å². The van der Waals surface area contributed by atoms with E-state index in [2.05, 4.69) is 0 Å². The minimum absolute atomic E-state index is 0.0148. The summed E-state index contributed by atoms with van der Waals surface area (Å²) in [6.45, 7) is 0.955. The Balaban J connectivity index is 2.12. The Morgan fingerprint density at radius 2 is 1.56 bits per heavy atom. The van der Waals surface area contributed by atoms with Gasteiger partial charge in [-0.15, -0.1) is 0 Å². The molecule has 0 fully saturated rings. The third kappa shape index (κ3) is 2.96. The molecule has 18 heavy (non-hydrogen) atoms. The summed E-state index contributed by atoms with van der Waals surface area (Å²) in [5.74, 6) is 0.742. The van der Waals surface area contributed by atoms with E-state index >= 15 is 0 Å². The van der Waals surface area contributed by atoms with E-state index in [0.717, 1.165) is 5.75 Å². The number of rotatable bonds is 5. The standard InChI is InChI=1S/C15H15NO2/c16-10-11-18-14-8-6-13(7-9-14)15(17)12-4-2-1-3-5-12/h1-9H,10-11,16H2. The minimum atomic E-state index is 0.0148. The lowest BCUT2D eigenvalue weighted by atomic mass is 10.0. The number of hydrogen-bond donors (Lipinski definition) is 1. The molecule has 0 amide bonds. The second-order valence-corrected chi connectivity index (χ2v) is 3.86. The zero-order valence-electron chi connectivity index (χ0n) is 10.0. The van der Waals surface area contributed by atoms with Gasteiger partial charge in [-0.1, -0.05) is 30.3 Å². The summed E-state index contributed by atoms with van der Waals surface area (Å²) in [5.41, 5.74) is 6.69. The van der Waals surface area contributed by atoms with Crippen molar-refractivity contribution in [1.82, 2.24) is 0 Å². The predicted octanol–water partition coefficient (Wildman–Crippen LogP) is 2.26. The number of carbonyl (C=O) groups excluding carboxylic acids is 1. The van der Waals surface area contributed by atoms with E-state index in [1.807, 2.05) is 18.2 Å². The molecule has 0 aromatic heterocycles. The number of ether oxygens (including phenoxy) is 1. The van der Waals surface area contributed by atoms with E-state index in [4.69, 9.17) is 10.5 Å². The Morgan fingerprint density at radius 3 is 2.17 bits per heavy atom. The molecular weight excluding hydrogens is 226 g/mol. The number of benzene rings is 2. The van der Waals surface area contributed by atoms with Crippen LogP contribution in [-0.2, 0) is 0 Å². The third-order valence-electron chi connectivity index (χ3n) is 2.54. The first kappa shape index (κ1) is 12.3. The monoisotopic (exact) mass is 241 g/mol. The van der Waals surface area contributed by atoms with E-state index in [1.165, 1.54) is 0 Å².